The number of aromatic amines is 1. The number of amides is 1. The monoisotopic (exact) mass is 442 g/mol. The van der Waals surface area contributed by atoms with Gasteiger partial charge in [0.2, 0.25) is 0 Å². The van der Waals surface area contributed by atoms with Crippen molar-refractivity contribution in [3.63, 3.8) is 0 Å². The number of H-pyrrole nitrogens is 1. The quantitative estimate of drug-likeness (QED) is 0.508. The molecule has 0 aliphatic carbocycles. The number of carbonyl (C=O) groups excluding carboxylic acids is 1. The molecule has 0 aliphatic rings. The SMILES string of the molecule is Cc1ccc(-n2c(=O)[nH]c3c(C(=O)Nc4cccc(C(F)(F)F)c4)cn(C)c3c2=O)cc1. The minimum absolute atomic E-state index is 0.00432. The van der Waals surface area contributed by atoms with Crippen LogP contribution >= 0.6 is 0 Å². The lowest BCUT2D eigenvalue weighted by Crippen LogP contribution is -2.34. The number of nitrogens with one attached hydrogen (secondary N) is 2. The van der Waals surface area contributed by atoms with Crippen LogP contribution in [-0.4, -0.2) is 20.0 Å². The van der Waals surface area contributed by atoms with Crippen LogP contribution in [0.1, 0.15) is 21.5 Å². The number of hydrogen-bond acceptors (Lipinski definition) is 3. The Morgan fingerprint density at radius 3 is 2.41 bits per heavy atom. The summed E-state index contributed by atoms with van der Waals surface area (Å²) in [6.45, 7) is 1.87. The molecule has 0 saturated heterocycles. The highest BCUT2D eigenvalue weighted by atomic mass is 19.4. The van der Waals surface area contributed by atoms with Gasteiger partial charge in [-0.3, -0.25) is 9.59 Å². The Hall–Kier alpha value is -4.08. The van der Waals surface area contributed by atoms with Crippen molar-refractivity contribution in [3.8, 4) is 5.69 Å². The molecular weight excluding hydrogens is 425 g/mol. The Kier molecular flexibility index (Phi) is 5.00. The van der Waals surface area contributed by atoms with E-state index in [1.54, 1.807) is 24.3 Å². The van der Waals surface area contributed by atoms with Crippen LogP contribution in [-0.2, 0) is 13.2 Å². The molecular formula is C22H17F3N4O3. The van der Waals surface area contributed by atoms with Crippen LogP contribution in [0.25, 0.3) is 16.7 Å². The van der Waals surface area contributed by atoms with Crippen LogP contribution in [0.15, 0.2) is 64.3 Å². The molecule has 2 aromatic carbocycles. The molecule has 0 spiro atoms. The maximum absolute atomic E-state index is 13.1. The van der Waals surface area contributed by atoms with Crippen molar-refractivity contribution in [2.24, 2.45) is 7.05 Å². The molecule has 2 N–H and O–H groups in total. The normalized spacial score (nSPS) is 11.7. The highest BCUT2D eigenvalue weighted by Gasteiger charge is 2.30. The minimum atomic E-state index is -4.56. The summed E-state index contributed by atoms with van der Waals surface area (Å²) in [5, 5.41) is 2.38. The van der Waals surface area contributed by atoms with E-state index in [0.29, 0.717) is 5.69 Å². The Balaban J connectivity index is 1.78. The molecule has 0 saturated carbocycles. The highest BCUT2D eigenvalue weighted by molar-refractivity contribution is 6.11. The van der Waals surface area contributed by atoms with Gasteiger partial charge in [0.15, 0.2) is 0 Å². The van der Waals surface area contributed by atoms with Crippen molar-refractivity contribution in [1.29, 1.82) is 0 Å². The van der Waals surface area contributed by atoms with Gasteiger partial charge < -0.3 is 14.9 Å². The van der Waals surface area contributed by atoms with Crippen molar-refractivity contribution in [2.45, 2.75) is 13.1 Å². The number of halogens is 3. The van der Waals surface area contributed by atoms with E-state index in [4.69, 9.17) is 0 Å². The summed E-state index contributed by atoms with van der Waals surface area (Å²) in [4.78, 5) is 41.1. The molecule has 0 radical (unpaired) electrons. The van der Waals surface area contributed by atoms with Crippen molar-refractivity contribution < 1.29 is 18.0 Å². The zero-order valence-electron chi connectivity index (χ0n) is 16.9. The zero-order valence-corrected chi connectivity index (χ0v) is 16.9. The third-order valence-electron chi connectivity index (χ3n) is 5.01. The number of nitrogens with zero attached hydrogens (tertiary/aromatic N) is 2. The first-order valence-corrected chi connectivity index (χ1v) is 9.46. The summed E-state index contributed by atoms with van der Waals surface area (Å²) < 4.78 is 41.2. The molecule has 4 aromatic rings. The zero-order chi connectivity index (χ0) is 23.2. The number of fused-ring (bicyclic) bond motifs is 1. The molecule has 0 aliphatic heterocycles. The van der Waals surface area contributed by atoms with E-state index in [9.17, 15) is 27.6 Å². The van der Waals surface area contributed by atoms with Gasteiger partial charge in [-0.15, -0.1) is 0 Å². The largest absolute Gasteiger partial charge is 0.416 e. The molecule has 4 rings (SSSR count). The number of benzene rings is 2. The van der Waals surface area contributed by atoms with Crippen LogP contribution in [0.2, 0.25) is 0 Å². The van der Waals surface area contributed by atoms with Crippen molar-refractivity contribution >= 4 is 22.6 Å². The highest BCUT2D eigenvalue weighted by Crippen LogP contribution is 2.31. The Bertz CT molecular complexity index is 1460. The third kappa shape index (κ3) is 3.70. The summed E-state index contributed by atoms with van der Waals surface area (Å²) in [6.07, 6.45) is -3.23. The molecule has 0 fully saturated rings. The van der Waals surface area contributed by atoms with E-state index in [1.165, 1.54) is 29.9 Å². The summed E-state index contributed by atoms with van der Waals surface area (Å²) >= 11 is 0. The van der Waals surface area contributed by atoms with Crippen LogP contribution in [0.3, 0.4) is 0 Å². The summed E-state index contributed by atoms with van der Waals surface area (Å²) in [6, 6.07) is 10.9. The molecule has 0 bridgehead atoms. The minimum Gasteiger partial charge on any atom is -0.344 e. The van der Waals surface area contributed by atoms with E-state index in [2.05, 4.69) is 10.3 Å². The first-order chi connectivity index (χ1) is 15.1. The second-order valence-electron chi connectivity index (χ2n) is 7.32. The third-order valence-corrected chi connectivity index (χ3v) is 5.01. The Morgan fingerprint density at radius 1 is 1.06 bits per heavy atom. The van der Waals surface area contributed by atoms with Crippen molar-refractivity contribution in [2.75, 3.05) is 5.32 Å². The molecule has 10 heteroatoms. The van der Waals surface area contributed by atoms with Gasteiger partial charge in [0, 0.05) is 18.9 Å². The molecule has 2 heterocycles. The van der Waals surface area contributed by atoms with E-state index >= 15 is 0 Å². The second kappa shape index (κ2) is 7.56. The van der Waals surface area contributed by atoms with Crippen molar-refractivity contribution in [3.05, 3.63) is 92.3 Å². The van der Waals surface area contributed by atoms with Gasteiger partial charge in [0.1, 0.15) is 5.52 Å². The predicted molar refractivity (Wildman–Crippen MR) is 113 cm³/mol. The first-order valence-electron chi connectivity index (χ1n) is 9.46. The summed E-state index contributed by atoms with van der Waals surface area (Å²) in [5.41, 5.74) is -1.04. The number of rotatable bonds is 3. The average molecular weight is 442 g/mol. The molecule has 164 valence electrons. The van der Waals surface area contributed by atoms with Gasteiger partial charge in [-0.25, -0.2) is 9.36 Å². The maximum atomic E-state index is 13.1. The molecule has 2 aromatic heterocycles. The van der Waals surface area contributed by atoms with Gasteiger partial charge in [-0.2, -0.15) is 13.2 Å². The first kappa shape index (κ1) is 21.2. The fourth-order valence-electron chi connectivity index (χ4n) is 3.44. The predicted octanol–water partition coefficient (Wildman–Crippen LogP) is 3.60. The lowest BCUT2D eigenvalue weighted by Gasteiger charge is -2.09. The molecule has 7 nitrogen and oxygen atoms in total. The average Bonchev–Trinajstić information content (AvgIpc) is 3.05. The number of carbonyl (C=O) groups is 1. The fraction of sp³-hybridized carbons (Fsp3) is 0.136. The Labute approximate surface area is 178 Å². The Morgan fingerprint density at radius 2 is 1.75 bits per heavy atom. The summed E-state index contributed by atoms with van der Waals surface area (Å²) in [5.74, 6) is -0.766. The van der Waals surface area contributed by atoms with Crippen LogP contribution in [0.4, 0.5) is 18.9 Å². The van der Waals surface area contributed by atoms with Crippen LogP contribution in [0.5, 0.6) is 0 Å². The van der Waals surface area contributed by atoms with Gasteiger partial charge in [0.25, 0.3) is 11.5 Å². The van der Waals surface area contributed by atoms with Crippen LogP contribution in [0, 0.1) is 6.92 Å². The summed E-state index contributed by atoms with van der Waals surface area (Å²) in [7, 11) is 1.53. The standard InChI is InChI=1S/C22H17F3N4O3/c1-12-6-8-15(9-7-12)29-20(31)18-17(27-21(29)32)16(11-28(18)2)19(30)26-14-5-3-4-13(10-14)22(23,24)25/h3-11H,1-2H3,(H,26,30)(H,27,32). The van der Waals surface area contributed by atoms with E-state index in [0.717, 1.165) is 22.3 Å². The number of aryl methyl sites for hydroxylation is 2. The number of hydrogen-bond donors (Lipinski definition) is 2. The fourth-order valence-corrected chi connectivity index (χ4v) is 3.44. The molecule has 0 atom stereocenters. The van der Waals surface area contributed by atoms with Gasteiger partial charge in [-0.1, -0.05) is 23.8 Å². The number of anilines is 1. The lowest BCUT2D eigenvalue weighted by molar-refractivity contribution is -0.137. The van der Waals surface area contributed by atoms with E-state index in [1.807, 2.05) is 6.92 Å². The lowest BCUT2D eigenvalue weighted by atomic mass is 10.2. The van der Waals surface area contributed by atoms with E-state index in [-0.39, 0.29) is 22.3 Å². The molecule has 1 amide bonds. The smallest absolute Gasteiger partial charge is 0.344 e. The van der Waals surface area contributed by atoms with E-state index < -0.39 is 28.9 Å². The van der Waals surface area contributed by atoms with Crippen molar-refractivity contribution in [1.82, 2.24) is 14.1 Å². The topological polar surface area (TPSA) is 88.9 Å². The second-order valence-corrected chi connectivity index (χ2v) is 7.32. The van der Waals surface area contributed by atoms with Gasteiger partial charge in [0.05, 0.1) is 22.3 Å². The van der Waals surface area contributed by atoms with Crippen LogP contribution < -0.4 is 16.6 Å². The van der Waals surface area contributed by atoms with Gasteiger partial charge >= 0.3 is 11.9 Å². The van der Waals surface area contributed by atoms with Gasteiger partial charge in [-0.05, 0) is 37.3 Å². The molecule has 0 unspecified atom stereocenters. The molecule has 32 heavy (non-hydrogen) atoms. The number of aromatic nitrogens is 3. The maximum Gasteiger partial charge on any atom is 0.416 e. The number of alkyl halides is 3.